The topological polar surface area (TPSA) is 75.3 Å². The van der Waals surface area contributed by atoms with Gasteiger partial charge in [0.25, 0.3) is 0 Å². The minimum Gasteiger partial charge on any atom is -0.392 e. The Morgan fingerprint density at radius 1 is 1.30 bits per heavy atom. The molecule has 0 heterocycles. The van der Waals surface area contributed by atoms with Crippen LogP contribution in [-0.2, 0) is 12.8 Å². The fourth-order valence-corrected chi connectivity index (χ4v) is 5.75. The van der Waals surface area contributed by atoms with Crippen molar-refractivity contribution >= 4 is 17.5 Å². The smallest absolute Gasteiger partial charge is 0.250 e. The highest BCUT2D eigenvalue weighted by Crippen LogP contribution is 2.51. The van der Waals surface area contributed by atoms with Crippen LogP contribution in [0.3, 0.4) is 0 Å². The lowest BCUT2D eigenvalue weighted by Gasteiger charge is -2.45. The lowest BCUT2D eigenvalue weighted by molar-refractivity contribution is 0.0774. The number of aryl methyl sites for hydroxylation is 1. The van der Waals surface area contributed by atoms with Crippen LogP contribution in [0.5, 0.6) is 0 Å². The Kier molecular flexibility index (Phi) is 9.20. The summed E-state index contributed by atoms with van der Waals surface area (Å²) < 4.78 is 0. The summed E-state index contributed by atoms with van der Waals surface area (Å²) in [6.07, 6.45) is 11.0. The van der Waals surface area contributed by atoms with Crippen molar-refractivity contribution in [3.8, 4) is 0 Å². The van der Waals surface area contributed by atoms with E-state index in [1.54, 1.807) is 0 Å². The standard InChI is InChI=1S/C24H37ClN2O2.CH4/c1-16(2)27-15-20(28)8-7-18-11-19(22(25)21(12-18)23(26)29)14-24-9-3-5-17(13-24)6-4-10-24;/h11-12,16-17,20,27-28H,3-10,13-15H2,1-2H3,(H2,26,29);1H4/t17?,20-,24?;/m0./s1. The van der Waals surface area contributed by atoms with Crippen LogP contribution in [0.15, 0.2) is 12.1 Å². The molecule has 0 spiro atoms. The van der Waals surface area contributed by atoms with Crippen LogP contribution >= 0.6 is 11.6 Å². The molecule has 170 valence electrons. The molecule has 2 aliphatic rings. The number of carbonyl (C=O) groups excluding carboxylic acids is 1. The highest BCUT2D eigenvalue weighted by molar-refractivity contribution is 6.34. The lowest BCUT2D eigenvalue weighted by Crippen LogP contribution is -2.35. The third-order valence-corrected chi connectivity index (χ3v) is 7.37. The molecule has 0 unspecified atom stereocenters. The Morgan fingerprint density at radius 3 is 2.57 bits per heavy atom. The first-order valence-corrected chi connectivity index (χ1v) is 11.7. The molecule has 2 saturated carbocycles. The number of aliphatic hydroxyl groups excluding tert-OH is 1. The van der Waals surface area contributed by atoms with Crippen molar-refractivity contribution in [2.45, 2.75) is 97.6 Å². The van der Waals surface area contributed by atoms with Crippen LogP contribution in [0.1, 0.15) is 94.1 Å². The van der Waals surface area contributed by atoms with Crippen LogP contribution in [0.25, 0.3) is 0 Å². The zero-order chi connectivity index (χ0) is 21.0. The van der Waals surface area contributed by atoms with E-state index in [2.05, 4.69) is 25.2 Å². The molecule has 1 aromatic carbocycles. The molecular weight excluding hydrogens is 396 g/mol. The van der Waals surface area contributed by atoms with Gasteiger partial charge in [-0.2, -0.15) is 0 Å². The molecule has 4 nitrogen and oxygen atoms in total. The van der Waals surface area contributed by atoms with Crippen molar-refractivity contribution in [2.75, 3.05) is 6.54 Å². The highest BCUT2D eigenvalue weighted by Gasteiger charge is 2.39. The SMILES string of the molecule is C.CC(C)NC[C@@H](O)CCc1cc(CC23CCCC(CCC2)C3)c(Cl)c(C(N)=O)c1. The molecule has 2 fully saturated rings. The van der Waals surface area contributed by atoms with Crippen molar-refractivity contribution in [3.63, 3.8) is 0 Å². The third kappa shape index (κ3) is 6.45. The maximum absolute atomic E-state index is 12.0. The molecule has 1 amide bonds. The number of halogens is 1. The van der Waals surface area contributed by atoms with Gasteiger partial charge in [0, 0.05) is 12.6 Å². The molecule has 30 heavy (non-hydrogen) atoms. The van der Waals surface area contributed by atoms with E-state index in [-0.39, 0.29) is 7.43 Å². The second-order valence-corrected chi connectivity index (χ2v) is 10.1. The largest absolute Gasteiger partial charge is 0.392 e. The van der Waals surface area contributed by atoms with Gasteiger partial charge >= 0.3 is 0 Å². The van der Waals surface area contributed by atoms with Crippen molar-refractivity contribution in [1.29, 1.82) is 0 Å². The number of carbonyl (C=O) groups is 1. The van der Waals surface area contributed by atoms with E-state index >= 15 is 0 Å². The molecular formula is C25H41ClN2O2. The molecule has 0 aromatic heterocycles. The first kappa shape index (κ1) is 25.2. The average molecular weight is 437 g/mol. The summed E-state index contributed by atoms with van der Waals surface area (Å²) >= 11 is 6.66. The van der Waals surface area contributed by atoms with Crippen LogP contribution < -0.4 is 11.1 Å². The average Bonchev–Trinajstić information content (AvgIpc) is 2.66. The zero-order valence-corrected chi connectivity index (χ0v) is 18.7. The monoisotopic (exact) mass is 436 g/mol. The number of rotatable bonds is 9. The van der Waals surface area contributed by atoms with Crippen LogP contribution in [0.2, 0.25) is 5.02 Å². The van der Waals surface area contributed by atoms with E-state index in [1.807, 2.05) is 6.07 Å². The lowest BCUT2D eigenvalue weighted by atomic mass is 9.60. The minimum absolute atomic E-state index is 0. The van der Waals surface area contributed by atoms with Gasteiger partial charge in [-0.1, -0.05) is 64.6 Å². The molecule has 1 aromatic rings. The number of nitrogens with one attached hydrogen (secondary N) is 1. The number of hydrogen-bond acceptors (Lipinski definition) is 3. The van der Waals surface area contributed by atoms with Crippen molar-refractivity contribution in [2.24, 2.45) is 17.1 Å². The van der Waals surface area contributed by atoms with Gasteiger partial charge in [0.2, 0.25) is 5.91 Å². The number of primary amides is 1. The summed E-state index contributed by atoms with van der Waals surface area (Å²) in [7, 11) is 0. The number of amides is 1. The Morgan fingerprint density at radius 2 is 1.97 bits per heavy atom. The highest BCUT2D eigenvalue weighted by atomic mass is 35.5. The molecule has 0 radical (unpaired) electrons. The summed E-state index contributed by atoms with van der Waals surface area (Å²) in [4.78, 5) is 12.0. The van der Waals surface area contributed by atoms with Crippen molar-refractivity contribution < 1.29 is 9.90 Å². The number of benzene rings is 1. The second kappa shape index (κ2) is 11.0. The van der Waals surface area contributed by atoms with Crippen LogP contribution in [0.4, 0.5) is 0 Å². The van der Waals surface area contributed by atoms with E-state index < -0.39 is 12.0 Å². The maximum Gasteiger partial charge on any atom is 0.250 e. The number of fused-ring (bicyclic) bond motifs is 2. The fourth-order valence-electron chi connectivity index (χ4n) is 5.48. The maximum atomic E-state index is 12.0. The first-order chi connectivity index (χ1) is 13.8. The van der Waals surface area contributed by atoms with Gasteiger partial charge in [0.05, 0.1) is 16.7 Å². The molecule has 2 aliphatic carbocycles. The normalized spacial score (nSPS) is 24.4. The molecule has 0 aliphatic heterocycles. The molecule has 3 rings (SSSR count). The van der Waals surface area contributed by atoms with Crippen LogP contribution in [-0.4, -0.2) is 29.7 Å². The Hall–Kier alpha value is -1.10. The van der Waals surface area contributed by atoms with Gasteiger partial charge in [0.15, 0.2) is 0 Å². The van der Waals surface area contributed by atoms with E-state index in [0.29, 0.717) is 41.4 Å². The first-order valence-electron chi connectivity index (χ1n) is 11.3. The number of hydrogen-bond donors (Lipinski definition) is 3. The summed E-state index contributed by atoms with van der Waals surface area (Å²) in [5, 5.41) is 14.1. The second-order valence-electron chi connectivity index (χ2n) is 9.77. The van der Waals surface area contributed by atoms with Crippen LogP contribution in [0, 0.1) is 11.3 Å². The van der Waals surface area contributed by atoms with Crippen molar-refractivity contribution in [1.82, 2.24) is 5.32 Å². The van der Waals surface area contributed by atoms with E-state index in [9.17, 15) is 9.90 Å². The van der Waals surface area contributed by atoms with E-state index in [1.165, 1.54) is 44.9 Å². The molecule has 0 saturated heterocycles. The van der Waals surface area contributed by atoms with Gasteiger partial charge in [-0.05, 0) is 67.1 Å². The number of nitrogens with two attached hydrogens (primary N) is 1. The zero-order valence-electron chi connectivity index (χ0n) is 18.0. The molecule has 5 heteroatoms. The summed E-state index contributed by atoms with van der Waals surface area (Å²) in [6, 6.07) is 4.32. The van der Waals surface area contributed by atoms with E-state index in [4.69, 9.17) is 17.3 Å². The van der Waals surface area contributed by atoms with Crippen molar-refractivity contribution in [3.05, 3.63) is 33.8 Å². The molecule has 4 N–H and O–H groups in total. The quantitative estimate of drug-likeness (QED) is 0.493. The van der Waals surface area contributed by atoms with Gasteiger partial charge in [-0.25, -0.2) is 0 Å². The Bertz CT molecular complexity index is 709. The number of aliphatic hydroxyl groups is 1. The third-order valence-electron chi connectivity index (χ3n) is 6.93. The molecule has 1 atom stereocenters. The van der Waals surface area contributed by atoms with E-state index in [0.717, 1.165) is 23.5 Å². The van der Waals surface area contributed by atoms with Gasteiger partial charge in [0.1, 0.15) is 0 Å². The fraction of sp³-hybridized carbons (Fsp3) is 0.720. The van der Waals surface area contributed by atoms with Gasteiger partial charge < -0.3 is 16.2 Å². The predicted octanol–water partition coefficient (Wildman–Crippen LogP) is 5.27. The summed E-state index contributed by atoms with van der Waals surface area (Å²) in [6.45, 7) is 4.71. The summed E-state index contributed by atoms with van der Waals surface area (Å²) in [5.41, 5.74) is 8.50. The van der Waals surface area contributed by atoms with Gasteiger partial charge in [-0.15, -0.1) is 0 Å². The summed E-state index contributed by atoms with van der Waals surface area (Å²) in [5.74, 6) is 0.390. The predicted molar refractivity (Wildman–Crippen MR) is 126 cm³/mol. The van der Waals surface area contributed by atoms with Gasteiger partial charge in [-0.3, -0.25) is 4.79 Å². The minimum atomic E-state index is -0.470. The Balaban J connectivity index is 0.00000320. The Labute approximate surface area is 188 Å². The molecule has 2 bridgehead atoms.